The molecule has 3 aromatic rings. The van der Waals surface area contributed by atoms with E-state index in [-0.39, 0.29) is 5.57 Å². The van der Waals surface area contributed by atoms with Crippen molar-refractivity contribution < 1.29 is 19.0 Å². The van der Waals surface area contributed by atoms with Gasteiger partial charge in [-0.05, 0) is 41.3 Å². The third kappa shape index (κ3) is 7.55. The highest BCUT2D eigenvalue weighted by Gasteiger charge is 2.13. The van der Waals surface area contributed by atoms with Crippen LogP contribution >= 0.6 is 0 Å². The molecule has 0 aliphatic carbocycles. The largest absolute Gasteiger partial charge is 0.485 e. The number of nitriles is 1. The Kier molecular flexibility index (Phi) is 9.11. The van der Waals surface area contributed by atoms with Crippen LogP contribution in [0.2, 0.25) is 0 Å². The van der Waals surface area contributed by atoms with Crippen LogP contribution < -0.4 is 9.47 Å². The van der Waals surface area contributed by atoms with E-state index < -0.39 is 5.97 Å². The summed E-state index contributed by atoms with van der Waals surface area (Å²) in [7, 11) is 0. The molecule has 5 heteroatoms. The van der Waals surface area contributed by atoms with Crippen molar-refractivity contribution in [1.82, 2.24) is 0 Å². The van der Waals surface area contributed by atoms with Crippen molar-refractivity contribution in [2.75, 3.05) is 6.61 Å². The van der Waals surface area contributed by atoms with E-state index in [9.17, 15) is 10.1 Å². The predicted molar refractivity (Wildman–Crippen MR) is 127 cm³/mol. The van der Waals surface area contributed by atoms with E-state index in [1.54, 1.807) is 18.2 Å². The van der Waals surface area contributed by atoms with E-state index in [0.717, 1.165) is 24.0 Å². The summed E-state index contributed by atoms with van der Waals surface area (Å²) in [5.74, 6) is 0.484. The SMILES string of the molecule is CCCCOC(=O)/C(C#N)=C\c1ccc(OCc2ccccc2)c(OCc2ccccc2)c1. The Morgan fingerprint density at radius 2 is 1.48 bits per heavy atom. The van der Waals surface area contributed by atoms with Crippen LogP contribution in [0.5, 0.6) is 11.5 Å². The lowest BCUT2D eigenvalue weighted by Gasteiger charge is -2.14. The smallest absolute Gasteiger partial charge is 0.348 e. The summed E-state index contributed by atoms with van der Waals surface area (Å²) in [5, 5.41) is 9.43. The van der Waals surface area contributed by atoms with Gasteiger partial charge < -0.3 is 14.2 Å². The number of rotatable bonds is 11. The fourth-order valence-corrected chi connectivity index (χ4v) is 3.01. The molecule has 0 aliphatic heterocycles. The molecule has 0 atom stereocenters. The van der Waals surface area contributed by atoms with Gasteiger partial charge in [0.25, 0.3) is 0 Å². The molecule has 5 nitrogen and oxygen atoms in total. The van der Waals surface area contributed by atoms with Gasteiger partial charge in [-0.3, -0.25) is 0 Å². The molecule has 0 unspecified atom stereocenters. The molecule has 0 amide bonds. The molecule has 0 aliphatic rings. The molecule has 3 rings (SSSR count). The predicted octanol–water partition coefficient (Wildman–Crippen LogP) is 6.09. The number of hydrogen-bond acceptors (Lipinski definition) is 5. The monoisotopic (exact) mass is 441 g/mol. The van der Waals surface area contributed by atoms with Gasteiger partial charge in [-0.15, -0.1) is 0 Å². The summed E-state index contributed by atoms with van der Waals surface area (Å²) in [4.78, 5) is 12.2. The molecule has 168 valence electrons. The fourth-order valence-electron chi connectivity index (χ4n) is 3.01. The van der Waals surface area contributed by atoms with Crippen molar-refractivity contribution in [3.05, 3.63) is 101 Å². The van der Waals surface area contributed by atoms with Crippen molar-refractivity contribution >= 4 is 12.0 Å². The average Bonchev–Trinajstić information content (AvgIpc) is 2.86. The zero-order valence-electron chi connectivity index (χ0n) is 18.7. The highest BCUT2D eigenvalue weighted by Crippen LogP contribution is 2.31. The Balaban J connectivity index is 1.81. The molecule has 0 bridgehead atoms. The summed E-state index contributed by atoms with van der Waals surface area (Å²) >= 11 is 0. The number of nitrogens with zero attached hydrogens (tertiary/aromatic N) is 1. The fraction of sp³-hybridized carbons (Fsp3) is 0.214. The van der Waals surface area contributed by atoms with Gasteiger partial charge in [-0.1, -0.05) is 80.1 Å². The van der Waals surface area contributed by atoms with Crippen LogP contribution in [0, 0.1) is 11.3 Å². The number of hydrogen-bond donors (Lipinski definition) is 0. The second-order valence-corrected chi connectivity index (χ2v) is 7.41. The molecule has 0 saturated carbocycles. The van der Waals surface area contributed by atoms with Gasteiger partial charge in [0.1, 0.15) is 24.9 Å². The van der Waals surface area contributed by atoms with E-state index in [2.05, 4.69) is 0 Å². The molecule has 0 spiro atoms. The lowest BCUT2D eigenvalue weighted by Crippen LogP contribution is -2.07. The number of unbranched alkanes of at least 4 members (excludes halogenated alkanes) is 1. The van der Waals surface area contributed by atoms with Crippen LogP contribution in [0.15, 0.2) is 84.4 Å². The summed E-state index contributed by atoms with van der Waals surface area (Å²) in [6, 6.07) is 26.9. The number of carbonyl (C=O) groups is 1. The van der Waals surface area contributed by atoms with E-state index >= 15 is 0 Å². The molecule has 0 aromatic heterocycles. The molecule has 0 radical (unpaired) electrons. The minimum absolute atomic E-state index is 0.0573. The first-order valence-electron chi connectivity index (χ1n) is 11.0. The van der Waals surface area contributed by atoms with Gasteiger partial charge in [0.2, 0.25) is 0 Å². The average molecular weight is 442 g/mol. The van der Waals surface area contributed by atoms with Crippen molar-refractivity contribution in [2.24, 2.45) is 0 Å². The lowest BCUT2D eigenvalue weighted by atomic mass is 10.1. The van der Waals surface area contributed by atoms with Crippen molar-refractivity contribution in [3.63, 3.8) is 0 Å². The number of ether oxygens (including phenoxy) is 3. The van der Waals surface area contributed by atoms with Crippen LogP contribution in [0.3, 0.4) is 0 Å². The number of carbonyl (C=O) groups excluding carboxylic acids is 1. The first-order chi connectivity index (χ1) is 16.2. The van der Waals surface area contributed by atoms with Gasteiger partial charge in [-0.2, -0.15) is 5.26 Å². The molecular weight excluding hydrogens is 414 g/mol. The topological polar surface area (TPSA) is 68.6 Å². The molecular formula is C28H27NO4. The standard InChI is InChI=1S/C28H27NO4/c1-2-3-16-31-28(30)25(19-29)17-24-14-15-26(32-20-22-10-6-4-7-11-22)27(18-24)33-21-23-12-8-5-9-13-23/h4-15,17-18H,2-3,16,20-21H2,1H3/b25-17-. The molecule has 33 heavy (non-hydrogen) atoms. The van der Waals surface area contributed by atoms with Gasteiger partial charge in [0, 0.05) is 0 Å². The van der Waals surface area contributed by atoms with E-state index in [1.165, 1.54) is 6.08 Å². The second-order valence-electron chi connectivity index (χ2n) is 7.41. The maximum atomic E-state index is 12.2. The van der Waals surface area contributed by atoms with Crippen LogP contribution in [0.25, 0.3) is 6.08 Å². The Bertz CT molecular complexity index is 1100. The maximum absolute atomic E-state index is 12.2. The Morgan fingerprint density at radius 1 is 0.879 bits per heavy atom. The van der Waals surface area contributed by atoms with E-state index in [1.807, 2.05) is 73.7 Å². The Morgan fingerprint density at radius 3 is 2.06 bits per heavy atom. The van der Waals surface area contributed by atoms with Gasteiger partial charge in [-0.25, -0.2) is 4.79 Å². The quantitative estimate of drug-likeness (QED) is 0.156. The van der Waals surface area contributed by atoms with Gasteiger partial charge in [0.15, 0.2) is 11.5 Å². The first-order valence-corrected chi connectivity index (χ1v) is 11.0. The molecule has 3 aromatic carbocycles. The normalized spacial score (nSPS) is 10.8. The maximum Gasteiger partial charge on any atom is 0.348 e. The van der Waals surface area contributed by atoms with Crippen molar-refractivity contribution in [1.29, 1.82) is 5.26 Å². The number of benzene rings is 3. The van der Waals surface area contributed by atoms with Crippen LogP contribution in [-0.4, -0.2) is 12.6 Å². The molecule has 0 heterocycles. The summed E-state index contributed by atoms with van der Waals surface area (Å²) in [6.07, 6.45) is 3.17. The molecule has 0 fully saturated rings. The Hall–Kier alpha value is -4.04. The van der Waals surface area contributed by atoms with Gasteiger partial charge in [0.05, 0.1) is 6.61 Å². The summed E-state index contributed by atoms with van der Waals surface area (Å²) in [5.41, 5.74) is 2.65. The first kappa shape index (κ1) is 23.6. The Labute approximate surface area is 194 Å². The zero-order valence-corrected chi connectivity index (χ0v) is 18.7. The molecule has 0 saturated heterocycles. The van der Waals surface area contributed by atoms with Crippen LogP contribution in [-0.2, 0) is 22.7 Å². The van der Waals surface area contributed by atoms with Gasteiger partial charge >= 0.3 is 5.97 Å². The summed E-state index contributed by atoms with van der Waals surface area (Å²) < 4.78 is 17.2. The van der Waals surface area contributed by atoms with Crippen LogP contribution in [0.4, 0.5) is 0 Å². The van der Waals surface area contributed by atoms with Crippen LogP contribution in [0.1, 0.15) is 36.5 Å². The van der Waals surface area contributed by atoms with Crippen molar-refractivity contribution in [2.45, 2.75) is 33.0 Å². The third-order valence-electron chi connectivity index (χ3n) is 4.82. The van der Waals surface area contributed by atoms with E-state index in [0.29, 0.717) is 36.9 Å². The highest BCUT2D eigenvalue weighted by molar-refractivity contribution is 5.97. The number of esters is 1. The zero-order chi connectivity index (χ0) is 23.3. The third-order valence-corrected chi connectivity index (χ3v) is 4.82. The summed E-state index contributed by atoms with van der Waals surface area (Å²) in [6.45, 7) is 3.06. The minimum atomic E-state index is -0.623. The lowest BCUT2D eigenvalue weighted by molar-refractivity contribution is -0.138. The van der Waals surface area contributed by atoms with Crippen molar-refractivity contribution in [3.8, 4) is 17.6 Å². The second kappa shape index (κ2) is 12.7. The van der Waals surface area contributed by atoms with E-state index in [4.69, 9.17) is 14.2 Å². The minimum Gasteiger partial charge on any atom is -0.485 e. The molecule has 0 N–H and O–H groups in total. The highest BCUT2D eigenvalue weighted by atomic mass is 16.5.